The van der Waals surface area contributed by atoms with Gasteiger partial charge in [0, 0.05) is 18.8 Å². The molecular formula is C20H29N4NaO5S. The summed E-state index contributed by atoms with van der Waals surface area (Å²) in [6, 6.07) is 5.86. The monoisotopic (exact) mass is 460 g/mol. The number of sulfonamides is 1. The zero-order valence-corrected chi connectivity index (χ0v) is 21.8. The van der Waals surface area contributed by atoms with E-state index in [2.05, 4.69) is 10.4 Å². The van der Waals surface area contributed by atoms with Gasteiger partial charge in [-0.2, -0.15) is 13.5 Å². The van der Waals surface area contributed by atoms with E-state index in [-0.39, 0.29) is 55.1 Å². The normalized spacial score (nSPS) is 11.2. The molecule has 2 aromatic rings. The molecule has 0 fully saturated rings. The van der Waals surface area contributed by atoms with Gasteiger partial charge in [0.2, 0.25) is 0 Å². The topological polar surface area (TPSA) is 119 Å². The molecule has 31 heavy (non-hydrogen) atoms. The maximum atomic E-state index is 12.6. The number of urea groups is 1. The maximum Gasteiger partial charge on any atom is 1.00 e. The zero-order chi connectivity index (χ0) is 22.6. The molecule has 2 rings (SSSR count). The maximum absolute atomic E-state index is 12.6. The average Bonchev–Trinajstić information content (AvgIpc) is 3.04. The predicted molar refractivity (Wildman–Crippen MR) is 114 cm³/mol. The summed E-state index contributed by atoms with van der Waals surface area (Å²) in [5.41, 5.74) is 2.35. The molecule has 0 saturated heterocycles. The zero-order valence-electron chi connectivity index (χ0n) is 20.0. The Morgan fingerprint density at radius 2 is 1.71 bits per heavy atom. The minimum Gasteiger partial charge on any atom is -1.00 e. The second-order valence-corrected chi connectivity index (χ2v) is 9.02. The van der Waals surface area contributed by atoms with Gasteiger partial charge in [-0.25, -0.2) is 14.3 Å². The van der Waals surface area contributed by atoms with Crippen LogP contribution < -0.4 is 39.6 Å². The van der Waals surface area contributed by atoms with Crippen LogP contribution in [0.4, 0.5) is 10.5 Å². The van der Waals surface area contributed by atoms with Gasteiger partial charge in [0.25, 0.3) is 10.0 Å². The molecule has 2 N–H and O–H groups in total. The molecule has 0 unspecified atom stereocenters. The standard InChI is InChI=1S/C20H28N4O5S.Na.H/c1-7-29-19(25)16-11-17(22-24(16)6)30(27,28)23-20(26)21-18-14(12(2)3)9-8-10-15(18)13(4)5;;/h8-13H,7H2,1-6H3,(H2,21,23,26);;/q;+1;-1. The molecule has 0 radical (unpaired) electrons. The van der Waals surface area contributed by atoms with Crippen LogP contribution in [0.1, 0.15) is 69.5 Å². The first-order valence-electron chi connectivity index (χ1n) is 9.65. The third kappa shape index (κ3) is 6.55. The number of hydrogen-bond donors (Lipinski definition) is 2. The smallest absolute Gasteiger partial charge is 1.00 e. The molecule has 1 aromatic heterocycles. The summed E-state index contributed by atoms with van der Waals surface area (Å²) in [6.07, 6.45) is 0. The number of amides is 2. The van der Waals surface area contributed by atoms with Crippen molar-refractivity contribution in [2.24, 2.45) is 7.05 Å². The van der Waals surface area contributed by atoms with Gasteiger partial charge < -0.3 is 11.5 Å². The summed E-state index contributed by atoms with van der Waals surface area (Å²) in [4.78, 5) is 24.4. The Bertz CT molecular complexity index is 1030. The van der Waals surface area contributed by atoms with Crippen molar-refractivity contribution in [3.63, 3.8) is 0 Å². The van der Waals surface area contributed by atoms with Crippen molar-refractivity contribution >= 4 is 27.7 Å². The Morgan fingerprint density at radius 1 is 1.16 bits per heavy atom. The number of nitrogens with one attached hydrogen (secondary N) is 2. The van der Waals surface area contributed by atoms with E-state index in [1.165, 1.54) is 7.05 Å². The third-order valence-electron chi connectivity index (χ3n) is 4.46. The fraction of sp³-hybridized carbons (Fsp3) is 0.450. The number of rotatable bonds is 7. The van der Waals surface area contributed by atoms with Crippen LogP contribution in [0.25, 0.3) is 0 Å². The van der Waals surface area contributed by atoms with Crippen LogP contribution in [0.15, 0.2) is 29.3 Å². The Labute approximate surface area is 206 Å². The van der Waals surface area contributed by atoms with Crippen molar-refractivity contribution in [2.45, 2.75) is 51.5 Å². The van der Waals surface area contributed by atoms with Crippen LogP contribution in [0, 0.1) is 0 Å². The summed E-state index contributed by atoms with van der Waals surface area (Å²) in [7, 11) is -2.88. The number of para-hydroxylation sites is 1. The molecule has 2 amide bonds. The van der Waals surface area contributed by atoms with E-state index in [9.17, 15) is 18.0 Å². The van der Waals surface area contributed by atoms with Gasteiger partial charge in [-0.15, -0.1) is 0 Å². The molecular weight excluding hydrogens is 431 g/mol. The first-order valence-corrected chi connectivity index (χ1v) is 11.1. The van der Waals surface area contributed by atoms with Crippen LogP contribution in [-0.2, 0) is 21.8 Å². The van der Waals surface area contributed by atoms with E-state index >= 15 is 0 Å². The number of carbonyl (C=O) groups is 2. The van der Waals surface area contributed by atoms with Crippen LogP contribution in [0.3, 0.4) is 0 Å². The van der Waals surface area contributed by atoms with Crippen LogP contribution in [0.2, 0.25) is 0 Å². The fourth-order valence-corrected chi connectivity index (χ4v) is 3.87. The van der Waals surface area contributed by atoms with Crippen LogP contribution in [-0.4, -0.2) is 36.8 Å². The fourth-order valence-electron chi connectivity index (χ4n) is 2.98. The molecule has 0 aliphatic carbocycles. The quantitative estimate of drug-likeness (QED) is 0.458. The number of carbonyl (C=O) groups excluding carboxylic acids is 2. The molecule has 0 bridgehead atoms. The number of anilines is 1. The number of esters is 1. The van der Waals surface area contributed by atoms with E-state index in [0.29, 0.717) is 5.69 Å². The molecule has 1 aromatic carbocycles. The van der Waals surface area contributed by atoms with Gasteiger partial charge in [-0.05, 0) is 29.9 Å². The summed E-state index contributed by atoms with van der Waals surface area (Å²) >= 11 is 0. The summed E-state index contributed by atoms with van der Waals surface area (Å²) in [6.45, 7) is 9.74. The molecule has 0 spiro atoms. The second kappa shape index (κ2) is 11.1. The summed E-state index contributed by atoms with van der Waals surface area (Å²) in [5, 5.41) is 6.05. The molecule has 0 saturated carbocycles. The minimum absolute atomic E-state index is 0. The molecule has 0 atom stereocenters. The van der Waals surface area contributed by atoms with Gasteiger partial charge in [0.15, 0.2) is 5.03 Å². The molecule has 9 nitrogen and oxygen atoms in total. The van der Waals surface area contributed by atoms with Crippen molar-refractivity contribution in [2.75, 3.05) is 11.9 Å². The van der Waals surface area contributed by atoms with Gasteiger partial charge in [-0.1, -0.05) is 45.9 Å². The Balaban J connectivity index is 0.00000480. The molecule has 11 heteroatoms. The van der Waals surface area contributed by atoms with Crippen LogP contribution >= 0.6 is 0 Å². The molecule has 0 aliphatic heterocycles. The van der Waals surface area contributed by atoms with Crippen molar-refractivity contribution < 1.29 is 53.7 Å². The number of aryl methyl sites for hydroxylation is 1. The number of aromatic nitrogens is 2. The van der Waals surface area contributed by atoms with E-state index in [1.54, 1.807) is 6.92 Å². The van der Waals surface area contributed by atoms with Gasteiger partial charge in [-0.3, -0.25) is 4.68 Å². The van der Waals surface area contributed by atoms with E-state index in [0.717, 1.165) is 21.9 Å². The van der Waals surface area contributed by atoms with E-state index < -0.39 is 27.0 Å². The summed E-state index contributed by atoms with van der Waals surface area (Å²) < 4.78 is 33.2. The average molecular weight is 461 g/mol. The van der Waals surface area contributed by atoms with Gasteiger partial charge in [0.05, 0.1) is 6.61 Å². The van der Waals surface area contributed by atoms with E-state index in [4.69, 9.17) is 4.74 Å². The number of nitrogens with zero attached hydrogens (tertiary/aromatic N) is 2. The largest absolute Gasteiger partial charge is 1.00 e. The number of benzene rings is 1. The number of ether oxygens (including phenoxy) is 1. The van der Waals surface area contributed by atoms with E-state index in [1.807, 2.05) is 50.6 Å². The van der Waals surface area contributed by atoms with Gasteiger partial charge >= 0.3 is 41.6 Å². The summed E-state index contributed by atoms with van der Waals surface area (Å²) in [5.74, 6) is -0.456. The first kappa shape index (κ1) is 27.2. The Hall–Kier alpha value is -1.88. The molecule has 0 aliphatic rings. The number of hydrogen-bond acceptors (Lipinski definition) is 6. The molecule has 1 heterocycles. The minimum atomic E-state index is -4.30. The SMILES string of the molecule is CCOC(=O)c1cc(S(=O)(=O)NC(=O)Nc2c(C(C)C)cccc2C(C)C)nn1C.[H-].[Na+]. The first-order chi connectivity index (χ1) is 14.0. The molecule has 166 valence electrons. The van der Waals surface area contributed by atoms with Crippen LogP contribution in [0.5, 0.6) is 0 Å². The third-order valence-corrected chi connectivity index (χ3v) is 5.66. The Morgan fingerprint density at radius 3 is 2.19 bits per heavy atom. The van der Waals surface area contributed by atoms with Crippen molar-refractivity contribution in [3.05, 3.63) is 41.1 Å². The van der Waals surface area contributed by atoms with Crippen molar-refractivity contribution in [3.8, 4) is 0 Å². The Kier molecular flexibility index (Phi) is 9.74. The predicted octanol–water partition coefficient (Wildman–Crippen LogP) is 0.471. The second-order valence-electron chi connectivity index (χ2n) is 7.39. The van der Waals surface area contributed by atoms with Gasteiger partial charge in [0.1, 0.15) is 5.69 Å². The van der Waals surface area contributed by atoms with Crippen molar-refractivity contribution in [1.82, 2.24) is 14.5 Å². The van der Waals surface area contributed by atoms with Crippen molar-refractivity contribution in [1.29, 1.82) is 0 Å².